The number of hydrogen-bond acceptors (Lipinski definition) is 5. The van der Waals surface area contributed by atoms with E-state index in [2.05, 4.69) is 107 Å². The molecule has 46 heavy (non-hydrogen) atoms. The van der Waals surface area contributed by atoms with E-state index in [1.807, 2.05) is 42.6 Å². The average Bonchev–Trinajstić information content (AvgIpc) is 3.14. The Kier molecular flexibility index (Phi) is 6.06. The second-order valence-electron chi connectivity index (χ2n) is 11.4. The fourth-order valence-corrected chi connectivity index (χ4v) is 6.34. The van der Waals surface area contributed by atoms with Gasteiger partial charge < -0.3 is 0 Å². The highest BCUT2D eigenvalue weighted by Gasteiger charge is 2.14. The molecule has 0 bridgehead atoms. The number of aromatic nitrogens is 5. The molecule has 9 aromatic rings. The van der Waals surface area contributed by atoms with Crippen molar-refractivity contribution in [2.24, 2.45) is 0 Å². The quantitative estimate of drug-likeness (QED) is 0.151. The zero-order valence-corrected chi connectivity index (χ0v) is 24.7. The summed E-state index contributed by atoms with van der Waals surface area (Å²) in [5.74, 6) is 0.696. The molecule has 0 aliphatic heterocycles. The maximum Gasteiger partial charge on any atom is 0.159 e. The normalized spacial score (nSPS) is 11.5. The number of fused-ring (bicyclic) bond motifs is 7. The standard InChI is InChI=1S/C41H25N5/c1-2-10-29-22-34-33(21-28(29)9-1)31-11-3-4-12-32(31)35-25-44-41(46-40(34)35)27-17-15-26(16-18-27)30-23-38(36-13-5-7-19-42-36)45-39(24-30)37-14-6-8-20-43-37/h1-25H. The molecule has 0 aliphatic rings. The van der Waals surface area contributed by atoms with Crippen molar-refractivity contribution < 1.29 is 0 Å². The van der Waals surface area contributed by atoms with Crippen molar-refractivity contribution in [1.82, 2.24) is 24.9 Å². The molecule has 0 unspecified atom stereocenters. The van der Waals surface area contributed by atoms with Gasteiger partial charge in [0.25, 0.3) is 0 Å². The molecule has 214 valence electrons. The lowest BCUT2D eigenvalue weighted by atomic mass is 9.95. The van der Waals surface area contributed by atoms with Gasteiger partial charge >= 0.3 is 0 Å². The summed E-state index contributed by atoms with van der Waals surface area (Å²) in [6.45, 7) is 0. The molecular formula is C41H25N5. The molecule has 5 aromatic carbocycles. The summed E-state index contributed by atoms with van der Waals surface area (Å²) in [6, 6.07) is 45.9. The monoisotopic (exact) mass is 587 g/mol. The second kappa shape index (κ2) is 10.7. The van der Waals surface area contributed by atoms with Gasteiger partial charge in [0.2, 0.25) is 0 Å². The highest BCUT2D eigenvalue weighted by molar-refractivity contribution is 6.26. The van der Waals surface area contributed by atoms with Gasteiger partial charge in [-0.25, -0.2) is 15.0 Å². The Balaban J connectivity index is 1.17. The van der Waals surface area contributed by atoms with Crippen LogP contribution in [0.1, 0.15) is 0 Å². The molecule has 4 heterocycles. The lowest BCUT2D eigenvalue weighted by Crippen LogP contribution is -1.94. The zero-order chi connectivity index (χ0) is 30.5. The number of rotatable bonds is 4. The molecule has 0 atom stereocenters. The first-order chi connectivity index (χ1) is 22.8. The van der Waals surface area contributed by atoms with Crippen molar-refractivity contribution in [2.75, 3.05) is 0 Å². The van der Waals surface area contributed by atoms with Crippen molar-refractivity contribution in [3.63, 3.8) is 0 Å². The van der Waals surface area contributed by atoms with Gasteiger partial charge in [0.1, 0.15) is 0 Å². The first-order valence-corrected chi connectivity index (χ1v) is 15.2. The molecule has 5 heteroatoms. The van der Waals surface area contributed by atoms with Crippen LogP contribution in [0.4, 0.5) is 0 Å². The average molecular weight is 588 g/mol. The molecule has 0 saturated heterocycles. The molecule has 0 amide bonds. The van der Waals surface area contributed by atoms with E-state index in [1.54, 1.807) is 12.4 Å². The third kappa shape index (κ3) is 4.45. The van der Waals surface area contributed by atoms with Crippen LogP contribution >= 0.6 is 0 Å². The summed E-state index contributed by atoms with van der Waals surface area (Å²) in [4.78, 5) is 24.1. The van der Waals surface area contributed by atoms with Crippen LogP contribution < -0.4 is 0 Å². The summed E-state index contributed by atoms with van der Waals surface area (Å²) in [5.41, 5.74) is 7.24. The summed E-state index contributed by atoms with van der Waals surface area (Å²) >= 11 is 0. The van der Waals surface area contributed by atoms with E-state index in [4.69, 9.17) is 15.0 Å². The van der Waals surface area contributed by atoms with Crippen LogP contribution in [0.15, 0.2) is 152 Å². The molecule has 5 nitrogen and oxygen atoms in total. The van der Waals surface area contributed by atoms with Gasteiger partial charge in [-0.05, 0) is 86.6 Å². The number of benzene rings is 5. The predicted molar refractivity (Wildman–Crippen MR) is 187 cm³/mol. The van der Waals surface area contributed by atoms with Gasteiger partial charge in [-0.3, -0.25) is 9.97 Å². The fourth-order valence-electron chi connectivity index (χ4n) is 6.34. The van der Waals surface area contributed by atoms with E-state index in [0.29, 0.717) is 5.82 Å². The largest absolute Gasteiger partial charge is 0.255 e. The summed E-state index contributed by atoms with van der Waals surface area (Å²) < 4.78 is 0. The minimum absolute atomic E-state index is 0.696. The lowest BCUT2D eigenvalue weighted by Gasteiger charge is -2.12. The Hall–Kier alpha value is -6.33. The summed E-state index contributed by atoms with van der Waals surface area (Å²) in [7, 11) is 0. The van der Waals surface area contributed by atoms with Gasteiger partial charge in [-0.2, -0.15) is 0 Å². The Labute approximate surface area is 264 Å². The molecule has 0 spiro atoms. The van der Waals surface area contributed by atoms with Crippen LogP contribution in [0, 0.1) is 0 Å². The van der Waals surface area contributed by atoms with E-state index in [9.17, 15) is 0 Å². The van der Waals surface area contributed by atoms with Crippen LogP contribution in [0.5, 0.6) is 0 Å². The lowest BCUT2D eigenvalue weighted by molar-refractivity contribution is 1.22. The Morgan fingerprint density at radius 2 is 0.913 bits per heavy atom. The first kappa shape index (κ1) is 26.1. The fraction of sp³-hybridized carbons (Fsp3) is 0. The number of nitrogens with zero attached hydrogens (tertiary/aromatic N) is 5. The zero-order valence-electron chi connectivity index (χ0n) is 24.7. The van der Waals surface area contributed by atoms with Crippen molar-refractivity contribution in [2.45, 2.75) is 0 Å². The summed E-state index contributed by atoms with van der Waals surface area (Å²) in [6.07, 6.45) is 5.55. The van der Waals surface area contributed by atoms with E-state index in [1.165, 1.54) is 21.5 Å². The van der Waals surface area contributed by atoms with Crippen molar-refractivity contribution >= 4 is 43.2 Å². The molecule has 9 rings (SSSR count). The molecule has 0 radical (unpaired) electrons. The predicted octanol–water partition coefficient (Wildman–Crippen LogP) is 9.94. The third-order valence-corrected chi connectivity index (χ3v) is 8.59. The number of hydrogen-bond donors (Lipinski definition) is 0. The van der Waals surface area contributed by atoms with Crippen LogP contribution in [0.2, 0.25) is 0 Å². The number of pyridine rings is 3. The topological polar surface area (TPSA) is 64.5 Å². The van der Waals surface area contributed by atoms with E-state index < -0.39 is 0 Å². The maximum atomic E-state index is 5.20. The highest BCUT2D eigenvalue weighted by Crippen LogP contribution is 2.37. The Morgan fingerprint density at radius 3 is 1.54 bits per heavy atom. The van der Waals surface area contributed by atoms with Crippen LogP contribution in [-0.4, -0.2) is 24.9 Å². The van der Waals surface area contributed by atoms with Gasteiger partial charge in [0, 0.05) is 34.9 Å². The molecule has 0 N–H and O–H groups in total. The van der Waals surface area contributed by atoms with Gasteiger partial charge in [-0.15, -0.1) is 0 Å². The minimum atomic E-state index is 0.696. The van der Waals surface area contributed by atoms with Crippen molar-refractivity contribution in [1.29, 1.82) is 0 Å². The van der Waals surface area contributed by atoms with Crippen LogP contribution in [-0.2, 0) is 0 Å². The van der Waals surface area contributed by atoms with Crippen molar-refractivity contribution in [3.8, 4) is 45.3 Å². The van der Waals surface area contributed by atoms with E-state index >= 15 is 0 Å². The highest BCUT2D eigenvalue weighted by atomic mass is 14.9. The van der Waals surface area contributed by atoms with Crippen LogP contribution in [0.3, 0.4) is 0 Å². The molecule has 4 aromatic heterocycles. The minimum Gasteiger partial charge on any atom is -0.255 e. The Bertz CT molecular complexity index is 2510. The third-order valence-electron chi connectivity index (χ3n) is 8.59. The molecule has 0 fully saturated rings. The second-order valence-corrected chi connectivity index (χ2v) is 11.4. The van der Waals surface area contributed by atoms with Crippen LogP contribution in [0.25, 0.3) is 88.5 Å². The SMILES string of the molecule is c1ccc(-c2cc(-c3ccc(-c4ncc5c6ccccc6c6cc7ccccc7cc6c5n4)cc3)cc(-c3ccccn3)n2)nc1. The molecule has 0 saturated carbocycles. The van der Waals surface area contributed by atoms with E-state index in [0.717, 1.165) is 61.1 Å². The smallest absolute Gasteiger partial charge is 0.159 e. The van der Waals surface area contributed by atoms with Gasteiger partial charge in [0.15, 0.2) is 5.82 Å². The van der Waals surface area contributed by atoms with Crippen molar-refractivity contribution in [3.05, 3.63) is 152 Å². The van der Waals surface area contributed by atoms with Gasteiger partial charge in [-0.1, -0.05) is 84.9 Å². The van der Waals surface area contributed by atoms with Gasteiger partial charge in [0.05, 0.1) is 28.3 Å². The first-order valence-electron chi connectivity index (χ1n) is 15.2. The Morgan fingerprint density at radius 1 is 0.348 bits per heavy atom. The molecular weight excluding hydrogens is 562 g/mol. The summed E-state index contributed by atoms with van der Waals surface area (Å²) in [5, 5.41) is 8.18. The molecule has 0 aliphatic carbocycles. The maximum absolute atomic E-state index is 5.20. The van der Waals surface area contributed by atoms with E-state index in [-0.39, 0.29) is 0 Å².